The highest BCUT2D eigenvalue weighted by atomic mass is 16.5. The number of nitrogens with zero attached hydrogens (tertiary/aromatic N) is 3. The van der Waals surface area contributed by atoms with E-state index in [0.717, 1.165) is 58.2 Å². The van der Waals surface area contributed by atoms with Crippen LogP contribution in [0.3, 0.4) is 0 Å². The molecule has 1 aliphatic heterocycles. The third-order valence-corrected chi connectivity index (χ3v) is 5.02. The van der Waals surface area contributed by atoms with Crippen molar-refractivity contribution in [2.75, 3.05) is 33.5 Å². The number of anilines is 1. The molecule has 0 saturated heterocycles. The van der Waals surface area contributed by atoms with Gasteiger partial charge in [0.2, 0.25) is 5.95 Å². The van der Waals surface area contributed by atoms with Gasteiger partial charge in [0.1, 0.15) is 11.5 Å². The summed E-state index contributed by atoms with van der Waals surface area (Å²) in [4.78, 5) is 11.4. The van der Waals surface area contributed by atoms with Gasteiger partial charge in [0.05, 0.1) is 25.6 Å². The van der Waals surface area contributed by atoms with E-state index in [9.17, 15) is 0 Å². The number of aromatic nitrogens is 2. The molecule has 4 rings (SSSR count). The third kappa shape index (κ3) is 3.93. The summed E-state index contributed by atoms with van der Waals surface area (Å²) < 4.78 is 10.5. The molecular weight excluding hydrogens is 364 g/mol. The number of hydrogen-bond donors (Lipinski definition) is 1. The van der Waals surface area contributed by atoms with E-state index in [1.54, 1.807) is 14.2 Å². The summed E-state index contributed by atoms with van der Waals surface area (Å²) in [5.74, 6) is 1.92. The molecule has 2 N–H and O–H groups in total. The fraction of sp³-hybridized carbons (Fsp3) is 0.217. The third-order valence-electron chi connectivity index (χ3n) is 5.02. The lowest BCUT2D eigenvalue weighted by molar-refractivity contribution is 0.358. The fourth-order valence-corrected chi connectivity index (χ4v) is 3.61. The van der Waals surface area contributed by atoms with Crippen LogP contribution in [0.1, 0.15) is 16.8 Å². The van der Waals surface area contributed by atoms with Crippen molar-refractivity contribution >= 4 is 17.6 Å². The summed E-state index contributed by atoms with van der Waals surface area (Å²) in [5, 5.41) is 0. The Kier molecular flexibility index (Phi) is 5.18. The molecule has 0 unspecified atom stereocenters. The molecule has 0 fully saturated rings. The molecule has 6 nitrogen and oxygen atoms in total. The van der Waals surface area contributed by atoms with Crippen LogP contribution < -0.4 is 15.2 Å². The van der Waals surface area contributed by atoms with E-state index in [4.69, 9.17) is 15.2 Å². The van der Waals surface area contributed by atoms with E-state index in [1.807, 2.05) is 48.5 Å². The van der Waals surface area contributed by atoms with Crippen LogP contribution in [-0.2, 0) is 6.54 Å². The van der Waals surface area contributed by atoms with Crippen LogP contribution in [0.25, 0.3) is 22.9 Å². The second kappa shape index (κ2) is 7.93. The van der Waals surface area contributed by atoms with Crippen molar-refractivity contribution in [3.8, 4) is 22.8 Å². The summed E-state index contributed by atoms with van der Waals surface area (Å²) in [6.07, 6.45) is 2.15. The standard InChI is InChI=1S/C23H24N4O2/c1-27-13-17(12-15-4-8-18(28-2)9-5-15)22-20(14-27)21(25-23(24)26-22)16-6-10-19(29-3)11-7-16/h4-12H,13-14H2,1-3H3,(H2,24,25,26)/b17-12+. The van der Waals surface area contributed by atoms with Gasteiger partial charge in [-0.1, -0.05) is 12.1 Å². The predicted octanol–water partition coefficient (Wildman–Crippen LogP) is 3.73. The van der Waals surface area contributed by atoms with Gasteiger partial charge < -0.3 is 15.2 Å². The van der Waals surface area contributed by atoms with Crippen molar-refractivity contribution in [3.63, 3.8) is 0 Å². The molecule has 0 amide bonds. The number of nitrogen functional groups attached to an aromatic ring is 1. The number of methoxy groups -OCH3 is 2. The normalized spacial score (nSPS) is 15.2. The van der Waals surface area contributed by atoms with Crippen LogP contribution in [0, 0.1) is 0 Å². The van der Waals surface area contributed by atoms with Crippen LogP contribution in [-0.4, -0.2) is 42.7 Å². The minimum absolute atomic E-state index is 0.278. The summed E-state index contributed by atoms with van der Waals surface area (Å²) in [7, 11) is 5.42. The lowest BCUT2D eigenvalue weighted by atomic mass is 9.95. The molecule has 6 heteroatoms. The first-order chi connectivity index (χ1) is 14.1. The molecule has 148 valence electrons. The van der Waals surface area contributed by atoms with E-state index >= 15 is 0 Å². The number of hydrogen-bond acceptors (Lipinski definition) is 6. The number of nitrogens with two attached hydrogens (primary N) is 1. The summed E-state index contributed by atoms with van der Waals surface area (Å²) in [5.41, 5.74) is 12.2. The number of rotatable bonds is 4. The molecule has 29 heavy (non-hydrogen) atoms. The molecule has 2 aromatic carbocycles. The summed E-state index contributed by atoms with van der Waals surface area (Å²) >= 11 is 0. The second-order valence-corrected chi connectivity index (χ2v) is 7.10. The molecule has 0 saturated carbocycles. The maximum atomic E-state index is 6.10. The molecule has 0 aliphatic carbocycles. The van der Waals surface area contributed by atoms with Gasteiger partial charge in [-0.25, -0.2) is 9.97 Å². The average Bonchev–Trinajstić information content (AvgIpc) is 2.74. The van der Waals surface area contributed by atoms with Gasteiger partial charge in [0.15, 0.2) is 0 Å². The molecule has 0 spiro atoms. The number of likely N-dealkylation sites (N-methyl/N-ethyl adjacent to an activating group) is 1. The number of ether oxygens (including phenoxy) is 2. The monoisotopic (exact) mass is 388 g/mol. The van der Waals surface area contributed by atoms with Crippen LogP contribution in [0.2, 0.25) is 0 Å². The van der Waals surface area contributed by atoms with Crippen molar-refractivity contribution < 1.29 is 9.47 Å². The maximum absolute atomic E-state index is 6.10. The zero-order valence-corrected chi connectivity index (χ0v) is 16.8. The second-order valence-electron chi connectivity index (χ2n) is 7.10. The molecule has 0 bridgehead atoms. The van der Waals surface area contributed by atoms with Crippen molar-refractivity contribution in [3.05, 3.63) is 65.4 Å². The SMILES string of the molecule is COc1ccc(/C=C2\CN(C)Cc3c2nc(N)nc3-c2ccc(OC)cc2)cc1. The van der Waals surface area contributed by atoms with Crippen LogP contribution in [0.15, 0.2) is 48.5 Å². The van der Waals surface area contributed by atoms with E-state index in [1.165, 1.54) is 0 Å². The average molecular weight is 388 g/mol. The topological polar surface area (TPSA) is 73.5 Å². The first kappa shape index (κ1) is 19.0. The van der Waals surface area contributed by atoms with E-state index < -0.39 is 0 Å². The Morgan fingerprint density at radius 2 is 1.45 bits per heavy atom. The molecule has 0 atom stereocenters. The van der Waals surface area contributed by atoms with E-state index in [-0.39, 0.29) is 5.95 Å². The van der Waals surface area contributed by atoms with Crippen molar-refractivity contribution in [2.45, 2.75) is 6.54 Å². The van der Waals surface area contributed by atoms with Crippen LogP contribution in [0.5, 0.6) is 11.5 Å². The summed E-state index contributed by atoms with van der Waals surface area (Å²) in [6.45, 7) is 1.55. The Bertz CT molecular complexity index is 1040. The quantitative estimate of drug-likeness (QED) is 0.734. The van der Waals surface area contributed by atoms with Gasteiger partial charge in [-0.2, -0.15) is 0 Å². The molecule has 3 aromatic rings. The van der Waals surface area contributed by atoms with Gasteiger partial charge in [-0.05, 0) is 60.7 Å². The Labute approximate surface area is 170 Å². The van der Waals surface area contributed by atoms with Crippen molar-refractivity contribution in [1.82, 2.24) is 14.9 Å². The minimum Gasteiger partial charge on any atom is -0.497 e. The largest absolute Gasteiger partial charge is 0.497 e. The first-order valence-electron chi connectivity index (χ1n) is 9.41. The number of fused-ring (bicyclic) bond motifs is 1. The zero-order chi connectivity index (χ0) is 20.4. The van der Waals surface area contributed by atoms with Crippen molar-refractivity contribution in [2.24, 2.45) is 0 Å². The molecule has 2 heterocycles. The van der Waals surface area contributed by atoms with Crippen LogP contribution in [0.4, 0.5) is 5.95 Å². The predicted molar refractivity (Wildman–Crippen MR) is 116 cm³/mol. The van der Waals surface area contributed by atoms with Gasteiger partial charge in [-0.3, -0.25) is 4.90 Å². The Balaban J connectivity index is 1.81. The highest BCUT2D eigenvalue weighted by Gasteiger charge is 2.24. The zero-order valence-electron chi connectivity index (χ0n) is 16.8. The minimum atomic E-state index is 0.278. The van der Waals surface area contributed by atoms with Gasteiger partial charge in [0, 0.05) is 24.2 Å². The Morgan fingerprint density at radius 3 is 2.07 bits per heavy atom. The van der Waals surface area contributed by atoms with E-state index in [0.29, 0.717) is 0 Å². The molecule has 1 aliphatic rings. The number of benzene rings is 2. The highest BCUT2D eigenvalue weighted by molar-refractivity contribution is 5.86. The Morgan fingerprint density at radius 1 is 0.862 bits per heavy atom. The fourth-order valence-electron chi connectivity index (χ4n) is 3.61. The maximum Gasteiger partial charge on any atom is 0.221 e. The molecule has 1 aromatic heterocycles. The lowest BCUT2D eigenvalue weighted by Gasteiger charge is -2.28. The molecule has 0 radical (unpaired) electrons. The molecular formula is C23H24N4O2. The smallest absolute Gasteiger partial charge is 0.221 e. The van der Waals surface area contributed by atoms with Crippen LogP contribution >= 0.6 is 0 Å². The summed E-state index contributed by atoms with van der Waals surface area (Å²) in [6, 6.07) is 15.9. The lowest BCUT2D eigenvalue weighted by Crippen LogP contribution is -2.28. The first-order valence-corrected chi connectivity index (χ1v) is 9.41. The Hall–Kier alpha value is -3.38. The van der Waals surface area contributed by atoms with Gasteiger partial charge >= 0.3 is 0 Å². The highest BCUT2D eigenvalue weighted by Crippen LogP contribution is 2.34. The van der Waals surface area contributed by atoms with E-state index in [2.05, 4.69) is 28.0 Å². The van der Waals surface area contributed by atoms with Gasteiger partial charge in [0.25, 0.3) is 0 Å². The van der Waals surface area contributed by atoms with Crippen molar-refractivity contribution in [1.29, 1.82) is 0 Å². The van der Waals surface area contributed by atoms with Gasteiger partial charge in [-0.15, -0.1) is 0 Å².